The highest BCUT2D eigenvalue weighted by Crippen LogP contribution is 2.07. The normalized spacial score (nSPS) is 12.9. The fourth-order valence-corrected chi connectivity index (χ4v) is 0.738. The van der Waals surface area contributed by atoms with Crippen LogP contribution in [-0.4, -0.2) is 24.4 Å². The van der Waals surface area contributed by atoms with Crippen molar-refractivity contribution in [2.45, 2.75) is 45.9 Å². The van der Waals surface area contributed by atoms with Crippen LogP contribution < -0.4 is 5.32 Å². The number of hydrogen-bond acceptors (Lipinski definition) is 4. The smallest absolute Gasteiger partial charge is 0.410 e. The zero-order chi connectivity index (χ0) is 11.2. The first kappa shape index (κ1) is 12.7. The lowest BCUT2D eigenvalue weighted by Crippen LogP contribution is -2.40. The van der Waals surface area contributed by atoms with Crippen molar-refractivity contribution in [2.75, 3.05) is 0 Å². The second-order valence-electron chi connectivity index (χ2n) is 3.78. The van der Waals surface area contributed by atoms with Crippen LogP contribution in [0.15, 0.2) is 0 Å². The third kappa shape index (κ3) is 6.28. The molecule has 0 aromatic heterocycles. The Morgan fingerprint density at radius 3 is 2.43 bits per heavy atom. The lowest BCUT2D eigenvalue weighted by molar-refractivity contribution is -0.134. The Morgan fingerprint density at radius 1 is 1.50 bits per heavy atom. The van der Waals surface area contributed by atoms with Gasteiger partial charge >= 0.3 is 6.09 Å². The number of hydrogen-bond donors (Lipinski definition) is 1. The van der Waals surface area contributed by atoms with E-state index in [1.54, 1.807) is 27.7 Å². The van der Waals surface area contributed by atoms with Crippen LogP contribution in [-0.2, 0) is 14.3 Å². The maximum absolute atomic E-state index is 11.2. The van der Waals surface area contributed by atoms with Gasteiger partial charge < -0.3 is 9.47 Å². The number of alkyl carbamates (subject to hydrolysis) is 1. The molecule has 1 N–H and O–H groups in total. The summed E-state index contributed by atoms with van der Waals surface area (Å²) in [5, 5.41) is 2.41. The summed E-state index contributed by atoms with van der Waals surface area (Å²) < 4.78 is 9.55. The van der Waals surface area contributed by atoms with Crippen molar-refractivity contribution < 1.29 is 19.1 Å². The standard InChI is InChI=1S/C9H17NO4/c1-5-7(13-6-11)10-8(12)14-9(2,3)4/h6-7H,5H2,1-4H3,(H,10,12)/t7-/m1/s1. The van der Waals surface area contributed by atoms with Gasteiger partial charge in [-0.1, -0.05) is 6.92 Å². The van der Waals surface area contributed by atoms with Gasteiger partial charge in [-0.15, -0.1) is 0 Å². The van der Waals surface area contributed by atoms with Gasteiger partial charge in [-0.25, -0.2) is 4.79 Å². The van der Waals surface area contributed by atoms with Gasteiger partial charge in [0.1, 0.15) is 5.60 Å². The van der Waals surface area contributed by atoms with Crippen molar-refractivity contribution in [1.29, 1.82) is 0 Å². The molecule has 0 bridgehead atoms. The minimum atomic E-state index is -0.623. The summed E-state index contributed by atoms with van der Waals surface area (Å²) >= 11 is 0. The average molecular weight is 203 g/mol. The maximum atomic E-state index is 11.2. The van der Waals surface area contributed by atoms with Crippen LogP contribution in [0.3, 0.4) is 0 Å². The zero-order valence-corrected chi connectivity index (χ0v) is 8.99. The van der Waals surface area contributed by atoms with E-state index in [0.717, 1.165) is 0 Å². The van der Waals surface area contributed by atoms with E-state index in [2.05, 4.69) is 10.1 Å². The van der Waals surface area contributed by atoms with Crippen molar-refractivity contribution >= 4 is 12.6 Å². The van der Waals surface area contributed by atoms with E-state index in [9.17, 15) is 9.59 Å². The summed E-state index contributed by atoms with van der Waals surface area (Å²) in [6.45, 7) is 7.35. The summed E-state index contributed by atoms with van der Waals surface area (Å²) in [5.74, 6) is 0. The van der Waals surface area contributed by atoms with Crippen LogP contribution in [0.2, 0.25) is 0 Å². The largest absolute Gasteiger partial charge is 0.444 e. The molecule has 1 atom stereocenters. The fourth-order valence-electron chi connectivity index (χ4n) is 0.738. The molecule has 82 valence electrons. The SMILES string of the molecule is CC[C@H](NC(=O)OC(C)(C)C)OC=O. The number of carbonyl (C=O) groups excluding carboxylic acids is 2. The molecule has 0 saturated heterocycles. The van der Waals surface area contributed by atoms with Crippen molar-refractivity contribution in [3.63, 3.8) is 0 Å². The van der Waals surface area contributed by atoms with Crippen LogP contribution in [0.4, 0.5) is 4.79 Å². The van der Waals surface area contributed by atoms with E-state index >= 15 is 0 Å². The van der Waals surface area contributed by atoms with Crippen molar-refractivity contribution in [1.82, 2.24) is 5.32 Å². The summed E-state index contributed by atoms with van der Waals surface area (Å²) in [6, 6.07) is 0. The first-order chi connectivity index (χ1) is 6.39. The molecule has 14 heavy (non-hydrogen) atoms. The van der Waals surface area contributed by atoms with Crippen LogP contribution in [0.1, 0.15) is 34.1 Å². The predicted molar refractivity (Wildman–Crippen MR) is 50.6 cm³/mol. The van der Waals surface area contributed by atoms with Crippen LogP contribution in [0.25, 0.3) is 0 Å². The Labute approximate surface area is 83.8 Å². The maximum Gasteiger partial charge on any atom is 0.410 e. The third-order valence-electron chi connectivity index (χ3n) is 1.27. The summed E-state index contributed by atoms with van der Waals surface area (Å²) in [6.07, 6.45) is -0.716. The minimum Gasteiger partial charge on any atom is -0.444 e. The molecule has 0 aliphatic rings. The Kier molecular flexibility index (Phi) is 4.97. The summed E-state index contributed by atoms with van der Waals surface area (Å²) in [4.78, 5) is 21.2. The van der Waals surface area contributed by atoms with Crippen molar-refractivity contribution in [2.24, 2.45) is 0 Å². The number of carbonyl (C=O) groups is 2. The monoisotopic (exact) mass is 203 g/mol. The lowest BCUT2D eigenvalue weighted by atomic mass is 10.2. The molecule has 5 heteroatoms. The molecule has 0 saturated carbocycles. The van der Waals surface area contributed by atoms with Gasteiger partial charge in [0.15, 0.2) is 6.23 Å². The molecule has 0 aliphatic carbocycles. The second-order valence-corrected chi connectivity index (χ2v) is 3.78. The van der Waals surface area contributed by atoms with Crippen LogP contribution in [0, 0.1) is 0 Å². The van der Waals surface area contributed by atoms with E-state index in [0.29, 0.717) is 12.9 Å². The van der Waals surface area contributed by atoms with Gasteiger partial charge in [-0.2, -0.15) is 0 Å². The van der Waals surface area contributed by atoms with E-state index in [1.807, 2.05) is 0 Å². The van der Waals surface area contributed by atoms with Gasteiger partial charge in [0, 0.05) is 6.42 Å². The highest BCUT2D eigenvalue weighted by atomic mass is 16.6. The molecule has 0 heterocycles. The molecule has 1 amide bonds. The molecule has 0 fully saturated rings. The van der Waals surface area contributed by atoms with E-state index < -0.39 is 17.9 Å². The van der Waals surface area contributed by atoms with Crippen molar-refractivity contribution in [3.8, 4) is 0 Å². The predicted octanol–water partition coefficient (Wildman–Crippen LogP) is 1.42. The first-order valence-corrected chi connectivity index (χ1v) is 4.47. The molecule has 0 aromatic rings. The quantitative estimate of drug-likeness (QED) is 0.554. The molecule has 0 radical (unpaired) electrons. The average Bonchev–Trinajstić information content (AvgIpc) is 2.00. The highest BCUT2D eigenvalue weighted by Gasteiger charge is 2.18. The Morgan fingerprint density at radius 2 is 2.07 bits per heavy atom. The topological polar surface area (TPSA) is 64.6 Å². The van der Waals surface area contributed by atoms with Gasteiger partial charge in [0.25, 0.3) is 6.47 Å². The molecule has 0 unspecified atom stereocenters. The molecule has 0 rings (SSSR count). The zero-order valence-electron chi connectivity index (χ0n) is 8.99. The Hall–Kier alpha value is -1.26. The molecule has 0 aromatic carbocycles. The van der Waals surface area contributed by atoms with E-state index in [1.165, 1.54) is 0 Å². The minimum absolute atomic E-state index is 0.297. The number of rotatable bonds is 4. The fraction of sp³-hybridized carbons (Fsp3) is 0.778. The van der Waals surface area contributed by atoms with Gasteiger partial charge in [0.2, 0.25) is 0 Å². The molecular weight excluding hydrogens is 186 g/mol. The highest BCUT2D eigenvalue weighted by molar-refractivity contribution is 5.68. The first-order valence-electron chi connectivity index (χ1n) is 4.47. The molecular formula is C9H17NO4. The molecule has 0 spiro atoms. The molecule has 5 nitrogen and oxygen atoms in total. The van der Waals surface area contributed by atoms with Crippen molar-refractivity contribution in [3.05, 3.63) is 0 Å². The summed E-state index contributed by atoms with van der Waals surface area (Å²) in [5.41, 5.74) is -0.552. The lowest BCUT2D eigenvalue weighted by Gasteiger charge is -2.22. The van der Waals surface area contributed by atoms with Crippen LogP contribution in [0.5, 0.6) is 0 Å². The Balaban J connectivity index is 3.96. The third-order valence-corrected chi connectivity index (χ3v) is 1.27. The van der Waals surface area contributed by atoms with E-state index in [4.69, 9.17) is 4.74 Å². The number of nitrogens with one attached hydrogen (secondary N) is 1. The Bertz CT molecular complexity index is 197. The van der Waals surface area contributed by atoms with Gasteiger partial charge in [0.05, 0.1) is 0 Å². The van der Waals surface area contributed by atoms with E-state index in [-0.39, 0.29) is 0 Å². The second kappa shape index (κ2) is 5.47. The van der Waals surface area contributed by atoms with Gasteiger partial charge in [-0.05, 0) is 20.8 Å². The van der Waals surface area contributed by atoms with Crippen LogP contribution >= 0.6 is 0 Å². The van der Waals surface area contributed by atoms with Gasteiger partial charge in [-0.3, -0.25) is 10.1 Å². The summed E-state index contributed by atoms with van der Waals surface area (Å²) in [7, 11) is 0. The number of amides is 1. The number of ether oxygens (including phenoxy) is 2. The molecule has 0 aliphatic heterocycles.